The Morgan fingerprint density at radius 1 is 0.659 bits per heavy atom. The van der Waals surface area contributed by atoms with Gasteiger partial charge in [-0.2, -0.15) is 0 Å². The highest BCUT2D eigenvalue weighted by Gasteiger charge is 2.18. The van der Waals surface area contributed by atoms with Crippen molar-refractivity contribution in [3.05, 3.63) is 143 Å². The van der Waals surface area contributed by atoms with Gasteiger partial charge in [0.05, 0.1) is 0 Å². The van der Waals surface area contributed by atoms with E-state index < -0.39 is 7.54 Å². The molecule has 0 spiro atoms. The van der Waals surface area contributed by atoms with E-state index >= 15 is 0 Å². The molecule has 1 aliphatic carbocycles. The van der Waals surface area contributed by atoms with Crippen molar-refractivity contribution in [1.82, 2.24) is 0 Å². The summed E-state index contributed by atoms with van der Waals surface area (Å²) >= 11 is 0. The zero-order valence-electron chi connectivity index (χ0n) is 26.8. The van der Waals surface area contributed by atoms with E-state index in [1.807, 2.05) is 12.2 Å². The first kappa shape index (κ1) is 36.1. The lowest BCUT2D eigenvalue weighted by molar-refractivity contribution is -0.462. The van der Waals surface area contributed by atoms with Crippen molar-refractivity contribution in [3.8, 4) is 0 Å². The van der Waals surface area contributed by atoms with Crippen molar-refractivity contribution in [2.75, 3.05) is 14.1 Å². The van der Waals surface area contributed by atoms with Crippen molar-refractivity contribution in [1.29, 1.82) is 0 Å². The predicted octanol–water partition coefficient (Wildman–Crippen LogP) is 6.83. The maximum atomic E-state index is 9.67. The SMILES string of the molecule is C[N+](C)=C1C=CC(=CC=CC=C2C=C(c3ccc(C(C)(C)C)cc3)C=C(c3ccc(C(C)(C)C)cc3)O2)C=C1.FB(F)F.[F-]. The Morgan fingerprint density at radius 2 is 1.11 bits per heavy atom. The second-order valence-electron chi connectivity index (χ2n) is 12.7. The third-order valence-electron chi connectivity index (χ3n) is 7.00. The van der Waals surface area contributed by atoms with Crippen molar-refractivity contribution in [2.24, 2.45) is 0 Å². The summed E-state index contributed by atoms with van der Waals surface area (Å²) in [4.78, 5) is 0. The first-order chi connectivity index (χ1) is 20.1. The zero-order valence-corrected chi connectivity index (χ0v) is 26.8. The number of nitrogens with zero attached hydrogens (tertiary/aromatic N) is 1. The minimum Gasteiger partial charge on any atom is -1.00 e. The molecule has 0 aromatic heterocycles. The summed E-state index contributed by atoms with van der Waals surface area (Å²) in [5.74, 6) is 1.67. The minimum atomic E-state index is -3.67. The summed E-state index contributed by atoms with van der Waals surface area (Å²) in [6.45, 7) is 13.4. The van der Waals surface area contributed by atoms with Crippen LogP contribution in [0.25, 0.3) is 11.3 Å². The number of hydrogen-bond donors (Lipinski definition) is 0. The fourth-order valence-corrected chi connectivity index (χ4v) is 4.41. The highest BCUT2D eigenvalue weighted by molar-refractivity contribution is 6.33. The monoisotopic (exact) mass is 603 g/mol. The summed E-state index contributed by atoms with van der Waals surface area (Å²) in [6.07, 6.45) is 21.0. The van der Waals surface area contributed by atoms with E-state index in [4.69, 9.17) is 4.74 Å². The van der Waals surface area contributed by atoms with E-state index in [0.29, 0.717) is 0 Å². The van der Waals surface area contributed by atoms with E-state index in [9.17, 15) is 12.9 Å². The van der Waals surface area contributed by atoms with Crippen LogP contribution in [0.2, 0.25) is 0 Å². The Kier molecular flexibility index (Phi) is 12.8. The summed E-state index contributed by atoms with van der Waals surface area (Å²) < 4.78 is 37.5. The van der Waals surface area contributed by atoms with Crippen LogP contribution in [-0.4, -0.2) is 31.9 Å². The molecule has 2 nitrogen and oxygen atoms in total. The van der Waals surface area contributed by atoms with Crippen molar-refractivity contribution < 1.29 is 27.0 Å². The van der Waals surface area contributed by atoms with Crippen molar-refractivity contribution >= 4 is 24.6 Å². The lowest BCUT2D eigenvalue weighted by atomic mass is 9.86. The molecule has 1 heterocycles. The summed E-state index contributed by atoms with van der Waals surface area (Å²) in [6, 6.07) is 17.6. The fourth-order valence-electron chi connectivity index (χ4n) is 4.41. The normalized spacial score (nSPS) is 15.6. The molecule has 0 N–H and O–H groups in total. The number of rotatable bonds is 4. The van der Waals surface area contributed by atoms with Gasteiger partial charge in [-0.1, -0.05) is 108 Å². The van der Waals surface area contributed by atoms with Crippen molar-refractivity contribution in [3.63, 3.8) is 0 Å². The van der Waals surface area contributed by atoms with Crippen LogP contribution in [0.1, 0.15) is 63.8 Å². The Labute approximate surface area is 260 Å². The Balaban J connectivity index is 0.00000127. The van der Waals surface area contributed by atoms with Gasteiger partial charge in [-0.15, -0.1) is 0 Å². The van der Waals surface area contributed by atoms with Gasteiger partial charge in [0.1, 0.15) is 25.6 Å². The van der Waals surface area contributed by atoms with Crippen LogP contribution in [0.3, 0.4) is 0 Å². The molecular formula is C37H42BF4NO. The molecule has 0 radical (unpaired) electrons. The minimum absolute atomic E-state index is 0. The molecule has 232 valence electrons. The van der Waals surface area contributed by atoms with Gasteiger partial charge >= 0.3 is 7.54 Å². The van der Waals surface area contributed by atoms with Gasteiger partial charge in [-0.3, -0.25) is 12.9 Å². The highest BCUT2D eigenvalue weighted by Crippen LogP contribution is 2.34. The molecule has 0 amide bonds. The van der Waals surface area contributed by atoms with Gasteiger partial charge < -0.3 is 9.44 Å². The van der Waals surface area contributed by atoms with Gasteiger partial charge in [-0.05, 0) is 69.0 Å². The molecule has 0 fully saturated rings. The zero-order chi connectivity index (χ0) is 31.8. The Bertz CT molecular complexity index is 1500. The van der Waals surface area contributed by atoms with Crippen LogP contribution < -0.4 is 4.70 Å². The molecule has 2 aromatic rings. The number of allylic oxidation sites excluding steroid dienone is 12. The van der Waals surface area contributed by atoms with E-state index in [1.165, 1.54) is 22.4 Å². The molecule has 4 rings (SSSR count). The third kappa shape index (κ3) is 10.9. The number of hydrogen-bond acceptors (Lipinski definition) is 1. The largest absolute Gasteiger partial charge is 1.00 e. The molecular weight excluding hydrogens is 561 g/mol. The van der Waals surface area contributed by atoms with E-state index in [1.54, 1.807) is 0 Å². The first-order valence-electron chi connectivity index (χ1n) is 14.4. The fraction of sp³-hybridized carbons (Fsp3) is 0.270. The topological polar surface area (TPSA) is 12.2 Å². The maximum absolute atomic E-state index is 9.67. The second-order valence-corrected chi connectivity index (χ2v) is 12.7. The summed E-state index contributed by atoms with van der Waals surface area (Å²) in [5.41, 5.74) is 8.61. The van der Waals surface area contributed by atoms with Crippen LogP contribution in [0, 0.1) is 0 Å². The van der Waals surface area contributed by atoms with Gasteiger partial charge in [0.2, 0.25) is 0 Å². The van der Waals surface area contributed by atoms with Gasteiger partial charge in [0, 0.05) is 17.7 Å². The van der Waals surface area contributed by atoms with Gasteiger partial charge in [0.25, 0.3) is 0 Å². The molecule has 2 aliphatic rings. The summed E-state index contributed by atoms with van der Waals surface area (Å²) in [7, 11) is 0.439. The molecule has 44 heavy (non-hydrogen) atoms. The van der Waals surface area contributed by atoms with Crippen LogP contribution in [-0.2, 0) is 15.6 Å². The quantitative estimate of drug-likeness (QED) is 0.212. The molecule has 0 bridgehead atoms. The molecule has 7 heteroatoms. The number of ether oxygens (including phenoxy) is 1. The Hall–Kier alpha value is -4.13. The average Bonchev–Trinajstić information content (AvgIpc) is 2.94. The molecule has 0 unspecified atom stereocenters. The van der Waals surface area contributed by atoms with Gasteiger partial charge in [-0.25, -0.2) is 4.58 Å². The maximum Gasteiger partial charge on any atom is 0.762 e. The van der Waals surface area contributed by atoms with E-state index in [2.05, 4.69) is 157 Å². The molecule has 0 atom stereocenters. The summed E-state index contributed by atoms with van der Waals surface area (Å²) in [5, 5.41) is 0. The van der Waals surface area contributed by atoms with Crippen LogP contribution in [0.5, 0.6) is 0 Å². The molecule has 0 saturated carbocycles. The third-order valence-corrected chi connectivity index (χ3v) is 7.00. The van der Waals surface area contributed by atoms with E-state index in [0.717, 1.165) is 28.2 Å². The Morgan fingerprint density at radius 3 is 1.57 bits per heavy atom. The molecule has 1 aliphatic heterocycles. The lowest BCUT2D eigenvalue weighted by Crippen LogP contribution is -3.00. The smallest absolute Gasteiger partial charge is 0.762 e. The number of benzene rings is 2. The predicted molar refractivity (Wildman–Crippen MR) is 177 cm³/mol. The lowest BCUT2D eigenvalue weighted by Gasteiger charge is -2.22. The molecule has 0 saturated heterocycles. The second kappa shape index (κ2) is 15.6. The van der Waals surface area contributed by atoms with Gasteiger partial charge in [0.15, 0.2) is 5.71 Å². The highest BCUT2D eigenvalue weighted by atomic mass is 19.4. The number of halogens is 4. The van der Waals surface area contributed by atoms with E-state index in [-0.39, 0.29) is 15.5 Å². The average molecular weight is 604 g/mol. The van der Waals surface area contributed by atoms with Crippen LogP contribution >= 0.6 is 0 Å². The standard InChI is InChI=1S/C37H42NO.BF3.FH/c1-36(2,3)31-19-15-28(16-20-31)30-25-34(12-10-9-11-27-13-23-33(24-14-27)38(7)8)39-35(26-30)29-17-21-32(22-18-29)37(4,5)6;2-1(3)4;/h9-26H,1-8H3;;1H/q+1;;/p-1. The van der Waals surface area contributed by atoms with Crippen LogP contribution in [0.4, 0.5) is 12.9 Å². The first-order valence-corrected chi connectivity index (χ1v) is 14.4. The van der Waals surface area contributed by atoms with Crippen LogP contribution in [0.15, 0.2) is 121 Å². The molecule has 2 aromatic carbocycles. The van der Waals surface area contributed by atoms with Crippen molar-refractivity contribution in [2.45, 2.75) is 52.4 Å².